The molecule has 206 valence electrons. The standard InChI is InChI=1S/C29H32F3N5O2/c30-29(31,32)20-8-10-21(11-9-20)37-16-17-12-24(25(37)13-17)35-22-6-1-2-7-23(22)36-28-34-15-26(39-28)18-4-3-5-19(14-18)27(33)38/h3-5,8-11,14-15,17,22-25,35H,1-2,6-7,12-13,16H2,(H2,33,38)(H,34,36)/t17-,22-,23-,24+,25-/m1/s1. The third kappa shape index (κ3) is 5.34. The lowest BCUT2D eigenvalue weighted by Crippen LogP contribution is -2.56. The van der Waals surface area contributed by atoms with Gasteiger partial charge in [0.15, 0.2) is 5.76 Å². The summed E-state index contributed by atoms with van der Waals surface area (Å²) in [5, 5.41) is 7.40. The zero-order chi connectivity index (χ0) is 27.1. The Kier molecular flexibility index (Phi) is 6.74. The van der Waals surface area contributed by atoms with Gasteiger partial charge < -0.3 is 25.7 Å². The summed E-state index contributed by atoms with van der Waals surface area (Å²) in [6.07, 6.45) is 3.70. The molecule has 6 rings (SSSR count). The van der Waals surface area contributed by atoms with Crippen LogP contribution in [0.15, 0.2) is 59.1 Å². The first-order valence-electron chi connectivity index (χ1n) is 13.6. The molecule has 2 aromatic carbocycles. The number of amides is 1. The number of fused-ring (bicyclic) bond motifs is 2. The van der Waals surface area contributed by atoms with Gasteiger partial charge in [0.2, 0.25) is 5.91 Å². The molecule has 7 nitrogen and oxygen atoms in total. The van der Waals surface area contributed by atoms with E-state index in [0.717, 1.165) is 56.3 Å². The first-order valence-corrected chi connectivity index (χ1v) is 13.6. The Hall–Kier alpha value is -3.53. The van der Waals surface area contributed by atoms with Crippen LogP contribution in [0.3, 0.4) is 0 Å². The molecule has 2 saturated carbocycles. The van der Waals surface area contributed by atoms with Crippen LogP contribution in [0.2, 0.25) is 0 Å². The predicted octanol–water partition coefficient (Wildman–Crippen LogP) is 5.44. The summed E-state index contributed by atoms with van der Waals surface area (Å²) in [6.45, 7) is 0.886. The fraction of sp³-hybridized carbons (Fsp3) is 0.448. The van der Waals surface area contributed by atoms with Crippen LogP contribution in [0, 0.1) is 5.92 Å². The number of aromatic nitrogens is 1. The van der Waals surface area contributed by atoms with Crippen LogP contribution in [0.5, 0.6) is 0 Å². The molecule has 39 heavy (non-hydrogen) atoms. The van der Waals surface area contributed by atoms with Crippen LogP contribution in [-0.2, 0) is 6.18 Å². The predicted molar refractivity (Wildman–Crippen MR) is 142 cm³/mol. The number of nitrogens with two attached hydrogens (primary N) is 1. The maximum atomic E-state index is 13.0. The number of carbonyl (C=O) groups is 1. The summed E-state index contributed by atoms with van der Waals surface area (Å²) in [5.74, 6) is 0.597. The van der Waals surface area contributed by atoms with Crippen molar-refractivity contribution in [3.63, 3.8) is 0 Å². The van der Waals surface area contributed by atoms with E-state index in [0.29, 0.717) is 23.3 Å². The topological polar surface area (TPSA) is 96.4 Å². The molecule has 2 heterocycles. The number of nitrogens with one attached hydrogen (secondary N) is 2. The van der Waals surface area contributed by atoms with Crippen LogP contribution in [-0.4, -0.2) is 41.6 Å². The molecule has 5 atom stereocenters. The van der Waals surface area contributed by atoms with E-state index in [2.05, 4.69) is 20.5 Å². The molecule has 3 fully saturated rings. The van der Waals surface area contributed by atoms with Gasteiger partial charge in [-0.2, -0.15) is 13.2 Å². The normalized spacial score (nSPS) is 26.6. The van der Waals surface area contributed by atoms with Crippen molar-refractivity contribution >= 4 is 17.6 Å². The number of hydrogen-bond donors (Lipinski definition) is 3. The summed E-state index contributed by atoms with van der Waals surface area (Å²) in [7, 11) is 0. The minimum absolute atomic E-state index is 0.140. The first-order chi connectivity index (χ1) is 18.7. The van der Waals surface area contributed by atoms with Crippen molar-refractivity contribution in [2.24, 2.45) is 11.7 Å². The zero-order valence-electron chi connectivity index (χ0n) is 21.5. The highest BCUT2D eigenvalue weighted by Crippen LogP contribution is 2.42. The number of rotatable bonds is 7. The fourth-order valence-corrected chi connectivity index (χ4v) is 6.58. The van der Waals surface area contributed by atoms with Crippen molar-refractivity contribution in [3.05, 3.63) is 65.9 Å². The Morgan fingerprint density at radius 3 is 2.51 bits per heavy atom. The van der Waals surface area contributed by atoms with Crippen LogP contribution in [0.1, 0.15) is 54.4 Å². The lowest BCUT2D eigenvalue weighted by molar-refractivity contribution is -0.137. The second-order valence-electron chi connectivity index (χ2n) is 11.0. The molecule has 0 unspecified atom stereocenters. The third-order valence-corrected chi connectivity index (χ3v) is 8.45. The van der Waals surface area contributed by atoms with Gasteiger partial charge in [0, 0.05) is 47.5 Å². The van der Waals surface area contributed by atoms with Crippen molar-refractivity contribution in [2.45, 2.75) is 68.9 Å². The second kappa shape index (κ2) is 10.2. The van der Waals surface area contributed by atoms with Gasteiger partial charge in [0.1, 0.15) is 0 Å². The molecule has 0 spiro atoms. The molecular formula is C29H32F3N5O2. The molecule has 1 amide bonds. The fourth-order valence-electron chi connectivity index (χ4n) is 6.58. The van der Waals surface area contributed by atoms with E-state index in [1.807, 2.05) is 6.07 Å². The van der Waals surface area contributed by atoms with E-state index in [4.69, 9.17) is 10.2 Å². The molecule has 10 heteroatoms. The number of alkyl halides is 3. The molecule has 1 aliphatic heterocycles. The van der Waals surface area contributed by atoms with Gasteiger partial charge in [0.05, 0.1) is 11.8 Å². The molecule has 2 bridgehead atoms. The Bertz CT molecular complexity index is 1320. The second-order valence-corrected chi connectivity index (χ2v) is 11.0. The number of piperidine rings is 1. The summed E-state index contributed by atoms with van der Waals surface area (Å²) in [5.41, 5.74) is 6.79. The van der Waals surface area contributed by atoms with Gasteiger partial charge in [0.25, 0.3) is 6.01 Å². The minimum Gasteiger partial charge on any atom is -0.424 e. The molecule has 2 aliphatic carbocycles. The number of benzene rings is 2. The number of halogens is 3. The maximum Gasteiger partial charge on any atom is 0.416 e. The third-order valence-electron chi connectivity index (χ3n) is 8.45. The Labute approximate surface area is 225 Å². The SMILES string of the molecule is NC(=O)c1cccc(-c2cnc(N[C@@H]3CCCC[C@H]3N[C@H]3C[C@@H]4C[C@H]3N(c3ccc(C(F)(F)F)cc3)C4)o2)c1. The van der Waals surface area contributed by atoms with Crippen LogP contribution >= 0.6 is 0 Å². The summed E-state index contributed by atoms with van der Waals surface area (Å²) in [6, 6.07) is 13.9. The average molecular weight is 540 g/mol. The van der Waals surface area contributed by atoms with Crippen molar-refractivity contribution in [1.82, 2.24) is 10.3 Å². The highest BCUT2D eigenvalue weighted by molar-refractivity contribution is 5.93. The van der Waals surface area contributed by atoms with Crippen LogP contribution < -0.4 is 21.3 Å². The molecule has 4 N–H and O–H groups in total. The smallest absolute Gasteiger partial charge is 0.416 e. The first kappa shape index (κ1) is 25.7. The van der Waals surface area contributed by atoms with Gasteiger partial charge in [-0.3, -0.25) is 4.79 Å². The highest BCUT2D eigenvalue weighted by atomic mass is 19.4. The number of nitrogens with zero attached hydrogens (tertiary/aromatic N) is 2. The van der Waals surface area contributed by atoms with E-state index in [-0.39, 0.29) is 24.2 Å². The minimum atomic E-state index is -4.33. The van der Waals surface area contributed by atoms with Crippen molar-refractivity contribution < 1.29 is 22.4 Å². The number of oxazole rings is 1. The quantitative estimate of drug-likeness (QED) is 0.370. The van der Waals surface area contributed by atoms with Gasteiger partial charge in [-0.15, -0.1) is 0 Å². The van der Waals surface area contributed by atoms with Crippen molar-refractivity contribution in [1.29, 1.82) is 0 Å². The Morgan fingerprint density at radius 2 is 1.79 bits per heavy atom. The number of anilines is 2. The number of primary amides is 1. The van der Waals surface area contributed by atoms with Crippen molar-refractivity contribution in [2.75, 3.05) is 16.8 Å². The highest BCUT2D eigenvalue weighted by Gasteiger charge is 2.46. The zero-order valence-corrected chi connectivity index (χ0v) is 21.5. The lowest BCUT2D eigenvalue weighted by Gasteiger charge is -2.40. The van der Waals surface area contributed by atoms with Crippen LogP contribution in [0.4, 0.5) is 24.9 Å². The van der Waals surface area contributed by atoms with E-state index >= 15 is 0 Å². The van der Waals surface area contributed by atoms with E-state index in [1.54, 1.807) is 36.5 Å². The molecule has 3 aromatic rings. The maximum absolute atomic E-state index is 13.0. The summed E-state index contributed by atoms with van der Waals surface area (Å²) in [4.78, 5) is 18.2. The molecule has 1 saturated heterocycles. The lowest BCUT2D eigenvalue weighted by atomic mass is 9.89. The Morgan fingerprint density at radius 1 is 1.03 bits per heavy atom. The summed E-state index contributed by atoms with van der Waals surface area (Å²) < 4.78 is 45.1. The Balaban J connectivity index is 1.12. The number of carbonyl (C=O) groups excluding carboxylic acids is 1. The van der Waals surface area contributed by atoms with E-state index < -0.39 is 17.6 Å². The number of hydrogen-bond acceptors (Lipinski definition) is 6. The monoisotopic (exact) mass is 539 g/mol. The van der Waals surface area contributed by atoms with Gasteiger partial charge in [-0.25, -0.2) is 4.98 Å². The molecule has 3 aliphatic rings. The van der Waals surface area contributed by atoms with Crippen LogP contribution in [0.25, 0.3) is 11.3 Å². The largest absolute Gasteiger partial charge is 0.424 e. The van der Waals surface area contributed by atoms with Gasteiger partial charge in [-0.1, -0.05) is 25.0 Å². The van der Waals surface area contributed by atoms with Gasteiger partial charge >= 0.3 is 6.18 Å². The van der Waals surface area contributed by atoms with Gasteiger partial charge in [-0.05, 0) is 68.0 Å². The molecular weight excluding hydrogens is 507 g/mol. The van der Waals surface area contributed by atoms with Crippen molar-refractivity contribution in [3.8, 4) is 11.3 Å². The molecule has 0 radical (unpaired) electrons. The molecule has 1 aromatic heterocycles. The van der Waals surface area contributed by atoms with E-state index in [9.17, 15) is 18.0 Å². The van der Waals surface area contributed by atoms with E-state index in [1.165, 1.54) is 12.1 Å². The average Bonchev–Trinajstić information content (AvgIpc) is 3.66. The summed E-state index contributed by atoms with van der Waals surface area (Å²) >= 11 is 0.